The summed E-state index contributed by atoms with van der Waals surface area (Å²) in [5.74, 6) is 0.102. The number of nitriles is 1. The van der Waals surface area contributed by atoms with Crippen molar-refractivity contribution in [3.05, 3.63) is 65.2 Å². The maximum Gasteiger partial charge on any atom is 0.258 e. The van der Waals surface area contributed by atoms with Gasteiger partial charge in [-0.15, -0.1) is 0 Å². The number of rotatable bonds is 2. The maximum absolute atomic E-state index is 13.1. The molecule has 2 aromatic rings. The summed E-state index contributed by atoms with van der Waals surface area (Å²) >= 11 is 0. The Labute approximate surface area is 141 Å². The molecule has 0 radical (unpaired) electrons. The number of hydrogen-bond acceptors (Lipinski definition) is 3. The fraction of sp³-hybridized carbons (Fsp3) is 0.300. The summed E-state index contributed by atoms with van der Waals surface area (Å²) in [4.78, 5) is 15.2. The number of anilines is 1. The molecule has 2 aliphatic rings. The van der Waals surface area contributed by atoms with Gasteiger partial charge < -0.3 is 10.2 Å². The van der Waals surface area contributed by atoms with Crippen molar-refractivity contribution in [2.24, 2.45) is 0 Å². The second-order valence-corrected chi connectivity index (χ2v) is 6.48. The van der Waals surface area contributed by atoms with Crippen LogP contribution >= 0.6 is 0 Å². The van der Waals surface area contributed by atoms with Gasteiger partial charge >= 0.3 is 0 Å². The van der Waals surface area contributed by atoms with Crippen LogP contribution in [-0.2, 0) is 0 Å². The van der Waals surface area contributed by atoms with E-state index < -0.39 is 0 Å². The van der Waals surface area contributed by atoms with Gasteiger partial charge in [0.1, 0.15) is 6.17 Å². The van der Waals surface area contributed by atoms with Crippen molar-refractivity contribution in [1.82, 2.24) is 4.90 Å². The van der Waals surface area contributed by atoms with E-state index in [1.165, 1.54) is 12.8 Å². The summed E-state index contributed by atoms with van der Waals surface area (Å²) in [6.07, 6.45) is 4.29. The first-order chi connectivity index (χ1) is 11.8. The molecule has 0 spiro atoms. The Kier molecular flexibility index (Phi) is 3.70. The number of hydrogen-bond donors (Lipinski definition) is 1. The molecule has 0 aromatic heterocycles. The molecule has 4 nitrogen and oxygen atoms in total. The third-order valence-corrected chi connectivity index (χ3v) is 5.04. The van der Waals surface area contributed by atoms with Crippen LogP contribution in [0.3, 0.4) is 0 Å². The van der Waals surface area contributed by atoms with Gasteiger partial charge in [0.2, 0.25) is 0 Å². The summed E-state index contributed by atoms with van der Waals surface area (Å²) in [6, 6.07) is 17.6. The highest BCUT2D eigenvalue weighted by Crippen LogP contribution is 2.38. The highest BCUT2D eigenvalue weighted by Gasteiger charge is 2.38. The molecule has 1 aliphatic carbocycles. The van der Waals surface area contributed by atoms with Crippen molar-refractivity contribution in [1.29, 1.82) is 5.26 Å². The molecule has 1 fully saturated rings. The summed E-state index contributed by atoms with van der Waals surface area (Å²) < 4.78 is 0. The summed E-state index contributed by atoms with van der Waals surface area (Å²) in [5, 5.41) is 12.5. The normalized spacial score (nSPS) is 20.4. The lowest BCUT2D eigenvalue weighted by Crippen LogP contribution is -2.47. The molecule has 1 N–H and O–H groups in total. The summed E-state index contributed by atoms with van der Waals surface area (Å²) in [5.41, 5.74) is 3.28. The zero-order valence-corrected chi connectivity index (χ0v) is 13.4. The Hall–Kier alpha value is -2.80. The van der Waals surface area contributed by atoms with Crippen LogP contribution in [0.15, 0.2) is 48.5 Å². The van der Waals surface area contributed by atoms with Crippen LogP contribution in [0, 0.1) is 11.3 Å². The molecule has 4 heteroatoms. The molecular formula is C20H19N3O. The van der Waals surface area contributed by atoms with Gasteiger partial charge in [-0.2, -0.15) is 5.26 Å². The fourth-order valence-corrected chi connectivity index (χ4v) is 3.81. The number of nitrogens with one attached hydrogen (secondary N) is 1. The molecule has 0 saturated heterocycles. The number of fused-ring (bicyclic) bond motifs is 1. The third kappa shape index (κ3) is 2.43. The lowest BCUT2D eigenvalue weighted by molar-refractivity contribution is 0.0585. The van der Waals surface area contributed by atoms with E-state index in [4.69, 9.17) is 5.26 Å². The quantitative estimate of drug-likeness (QED) is 0.908. The average molecular weight is 317 g/mol. The highest BCUT2D eigenvalue weighted by atomic mass is 16.2. The predicted molar refractivity (Wildman–Crippen MR) is 92.4 cm³/mol. The van der Waals surface area contributed by atoms with Crippen molar-refractivity contribution in [2.45, 2.75) is 37.9 Å². The van der Waals surface area contributed by atoms with Crippen LogP contribution < -0.4 is 5.32 Å². The van der Waals surface area contributed by atoms with Crippen molar-refractivity contribution >= 4 is 11.6 Å². The van der Waals surface area contributed by atoms with Crippen molar-refractivity contribution in [3.8, 4) is 6.07 Å². The first-order valence-electron chi connectivity index (χ1n) is 8.46. The lowest BCUT2D eigenvalue weighted by atomic mass is 10.00. The van der Waals surface area contributed by atoms with Gasteiger partial charge in [-0.05, 0) is 42.7 Å². The van der Waals surface area contributed by atoms with E-state index in [-0.39, 0.29) is 18.1 Å². The number of carbonyl (C=O) groups excluding carboxylic acids is 1. The SMILES string of the molecule is N#Cc1ccc([C@H]2Nc3ccccc3C(=O)N2C2CCCC2)cc1. The van der Waals surface area contributed by atoms with E-state index in [0.29, 0.717) is 5.56 Å². The van der Waals surface area contributed by atoms with Crippen LogP contribution in [-0.4, -0.2) is 16.8 Å². The molecule has 1 saturated carbocycles. The van der Waals surface area contributed by atoms with Crippen LogP contribution in [0.1, 0.15) is 53.3 Å². The molecule has 2 aromatic carbocycles. The topological polar surface area (TPSA) is 56.1 Å². The molecule has 24 heavy (non-hydrogen) atoms. The molecule has 1 aliphatic heterocycles. The van der Waals surface area contributed by atoms with Crippen molar-refractivity contribution < 1.29 is 4.79 Å². The first-order valence-corrected chi connectivity index (χ1v) is 8.46. The van der Waals surface area contributed by atoms with E-state index in [1.54, 1.807) is 0 Å². The Morgan fingerprint density at radius 1 is 1.04 bits per heavy atom. The van der Waals surface area contributed by atoms with E-state index in [2.05, 4.69) is 11.4 Å². The van der Waals surface area contributed by atoms with Gasteiger partial charge in [-0.1, -0.05) is 37.1 Å². The number of para-hydroxylation sites is 1. The molecule has 1 amide bonds. The number of amides is 1. The van der Waals surface area contributed by atoms with Gasteiger partial charge in [-0.25, -0.2) is 0 Å². The molecule has 1 atom stereocenters. The molecule has 4 rings (SSSR count). The smallest absolute Gasteiger partial charge is 0.258 e. The molecule has 0 unspecified atom stereocenters. The lowest BCUT2D eigenvalue weighted by Gasteiger charge is -2.41. The largest absolute Gasteiger partial charge is 0.361 e. The van der Waals surface area contributed by atoms with E-state index in [1.807, 2.05) is 53.4 Å². The van der Waals surface area contributed by atoms with Gasteiger partial charge in [0.05, 0.1) is 17.2 Å². The van der Waals surface area contributed by atoms with E-state index >= 15 is 0 Å². The van der Waals surface area contributed by atoms with Crippen LogP contribution in [0.4, 0.5) is 5.69 Å². The van der Waals surface area contributed by atoms with Crippen LogP contribution in [0.2, 0.25) is 0 Å². The zero-order chi connectivity index (χ0) is 16.5. The average Bonchev–Trinajstić information content (AvgIpc) is 3.16. The summed E-state index contributed by atoms with van der Waals surface area (Å²) in [7, 11) is 0. The minimum atomic E-state index is -0.178. The minimum Gasteiger partial charge on any atom is -0.361 e. The zero-order valence-electron chi connectivity index (χ0n) is 13.4. The van der Waals surface area contributed by atoms with Gasteiger partial charge in [-0.3, -0.25) is 4.79 Å². The molecular weight excluding hydrogens is 298 g/mol. The molecule has 1 heterocycles. The van der Waals surface area contributed by atoms with Gasteiger partial charge in [0, 0.05) is 11.7 Å². The predicted octanol–water partition coefficient (Wildman–Crippen LogP) is 4.07. The third-order valence-electron chi connectivity index (χ3n) is 5.04. The van der Waals surface area contributed by atoms with Crippen molar-refractivity contribution in [2.75, 3.05) is 5.32 Å². The van der Waals surface area contributed by atoms with Gasteiger partial charge in [0.25, 0.3) is 5.91 Å². The van der Waals surface area contributed by atoms with Crippen molar-refractivity contribution in [3.63, 3.8) is 0 Å². The second kappa shape index (κ2) is 6.01. The Morgan fingerprint density at radius 2 is 1.75 bits per heavy atom. The standard InChI is InChI=1S/C20H19N3O/c21-13-14-9-11-15(12-10-14)19-22-18-8-4-3-7-17(18)20(24)23(19)16-5-1-2-6-16/h3-4,7-12,16,19,22H,1-2,5-6H2/t19-/m0/s1. The Bertz CT molecular complexity index is 800. The van der Waals surface area contributed by atoms with E-state index in [9.17, 15) is 4.79 Å². The van der Waals surface area contributed by atoms with E-state index in [0.717, 1.165) is 29.7 Å². The number of nitrogens with zero attached hydrogens (tertiary/aromatic N) is 2. The number of benzene rings is 2. The Balaban J connectivity index is 1.77. The van der Waals surface area contributed by atoms with Gasteiger partial charge in [0.15, 0.2) is 0 Å². The molecule has 120 valence electrons. The Morgan fingerprint density at radius 3 is 2.46 bits per heavy atom. The molecule has 0 bridgehead atoms. The first kappa shape index (κ1) is 14.8. The van der Waals surface area contributed by atoms with Crippen LogP contribution in [0.25, 0.3) is 0 Å². The summed E-state index contributed by atoms with van der Waals surface area (Å²) in [6.45, 7) is 0. The van der Waals surface area contributed by atoms with Crippen LogP contribution in [0.5, 0.6) is 0 Å². The second-order valence-electron chi connectivity index (χ2n) is 6.48. The fourth-order valence-electron chi connectivity index (χ4n) is 3.81. The monoisotopic (exact) mass is 317 g/mol. The highest BCUT2D eigenvalue weighted by molar-refractivity contribution is 6.01. The number of carbonyl (C=O) groups is 1. The maximum atomic E-state index is 13.1. The minimum absolute atomic E-state index is 0.102.